The van der Waals surface area contributed by atoms with Gasteiger partial charge in [-0.1, -0.05) is 11.4 Å². The van der Waals surface area contributed by atoms with E-state index in [4.69, 9.17) is 0 Å². The Morgan fingerprint density at radius 3 is 2.94 bits per heavy atom. The van der Waals surface area contributed by atoms with Crippen molar-refractivity contribution in [1.82, 2.24) is 14.9 Å². The molecule has 0 aromatic carbocycles. The highest BCUT2D eigenvalue weighted by Gasteiger charge is 2.18. The van der Waals surface area contributed by atoms with Crippen molar-refractivity contribution in [2.24, 2.45) is 0 Å². The van der Waals surface area contributed by atoms with Gasteiger partial charge in [-0.3, -0.25) is 0 Å². The number of nitrogens with one attached hydrogen (secondary N) is 1. The van der Waals surface area contributed by atoms with Crippen LogP contribution in [0.4, 0.5) is 0 Å². The zero-order valence-electron chi connectivity index (χ0n) is 9.43. The normalized spacial score (nSPS) is 12.9. The third-order valence-electron chi connectivity index (χ3n) is 2.43. The van der Waals surface area contributed by atoms with E-state index >= 15 is 0 Å². The molecule has 5 heteroatoms. The Bertz CT molecular complexity index is 422. The van der Waals surface area contributed by atoms with Crippen LogP contribution in [0.3, 0.4) is 0 Å². The summed E-state index contributed by atoms with van der Waals surface area (Å²) in [7, 11) is 0. The molecule has 1 unspecified atom stereocenters. The summed E-state index contributed by atoms with van der Waals surface area (Å²) in [6.45, 7) is 5.34. The first kappa shape index (κ1) is 11.7. The monoisotopic (exact) mass is 253 g/mol. The zero-order valence-corrected chi connectivity index (χ0v) is 11.1. The average Bonchev–Trinajstić information content (AvgIpc) is 2.91. The Hall–Kier alpha value is -0.780. The maximum atomic E-state index is 3.95. The second kappa shape index (κ2) is 5.52. The SMILES string of the molecule is CCCNC(c1cnns1)c1sccc1C. The summed E-state index contributed by atoms with van der Waals surface area (Å²) < 4.78 is 3.95. The minimum Gasteiger partial charge on any atom is -0.305 e. The number of hydrogen-bond donors (Lipinski definition) is 1. The van der Waals surface area contributed by atoms with Gasteiger partial charge in [-0.25, -0.2) is 0 Å². The van der Waals surface area contributed by atoms with E-state index in [0.29, 0.717) is 0 Å². The van der Waals surface area contributed by atoms with Crippen LogP contribution in [-0.4, -0.2) is 16.1 Å². The number of nitrogens with zero attached hydrogens (tertiary/aromatic N) is 2. The number of rotatable bonds is 5. The van der Waals surface area contributed by atoms with Gasteiger partial charge in [0, 0.05) is 4.88 Å². The molecule has 2 aromatic heterocycles. The number of hydrogen-bond acceptors (Lipinski definition) is 5. The molecule has 0 radical (unpaired) electrons. The molecule has 0 spiro atoms. The molecule has 0 aliphatic heterocycles. The van der Waals surface area contributed by atoms with Gasteiger partial charge >= 0.3 is 0 Å². The van der Waals surface area contributed by atoms with Gasteiger partial charge < -0.3 is 5.32 Å². The maximum Gasteiger partial charge on any atom is 0.0800 e. The summed E-state index contributed by atoms with van der Waals surface area (Å²) >= 11 is 3.27. The molecule has 2 rings (SSSR count). The van der Waals surface area contributed by atoms with Crippen molar-refractivity contribution in [3.63, 3.8) is 0 Å². The van der Waals surface area contributed by atoms with Crippen LogP contribution in [0.1, 0.15) is 34.7 Å². The van der Waals surface area contributed by atoms with E-state index in [-0.39, 0.29) is 6.04 Å². The molecule has 86 valence electrons. The standard InChI is InChI=1S/C11H15N3S2/c1-3-5-12-10(9-7-13-14-16-9)11-8(2)4-6-15-11/h4,6-7,10,12H,3,5H2,1-2H3. The van der Waals surface area contributed by atoms with Crippen molar-refractivity contribution >= 4 is 22.9 Å². The van der Waals surface area contributed by atoms with Gasteiger partial charge in [-0.2, -0.15) is 0 Å². The summed E-state index contributed by atoms with van der Waals surface area (Å²) in [5, 5.41) is 9.62. The zero-order chi connectivity index (χ0) is 11.4. The molecule has 2 heterocycles. The van der Waals surface area contributed by atoms with E-state index in [2.05, 4.69) is 40.2 Å². The lowest BCUT2D eigenvalue weighted by Crippen LogP contribution is -2.22. The highest BCUT2D eigenvalue weighted by Crippen LogP contribution is 2.30. The minimum atomic E-state index is 0.264. The quantitative estimate of drug-likeness (QED) is 0.890. The van der Waals surface area contributed by atoms with Crippen LogP contribution >= 0.6 is 22.9 Å². The lowest BCUT2D eigenvalue weighted by atomic mass is 10.1. The van der Waals surface area contributed by atoms with Gasteiger partial charge in [-0.15, -0.1) is 16.4 Å². The van der Waals surface area contributed by atoms with E-state index in [1.54, 1.807) is 11.3 Å². The third kappa shape index (κ3) is 2.48. The van der Waals surface area contributed by atoms with Gasteiger partial charge in [0.05, 0.1) is 17.1 Å². The number of aryl methyl sites for hydroxylation is 1. The lowest BCUT2D eigenvalue weighted by Gasteiger charge is -2.15. The highest BCUT2D eigenvalue weighted by molar-refractivity contribution is 7.10. The molecule has 1 N–H and O–H groups in total. The van der Waals surface area contributed by atoms with Crippen molar-refractivity contribution in [1.29, 1.82) is 0 Å². The smallest absolute Gasteiger partial charge is 0.0800 e. The number of aromatic nitrogens is 2. The topological polar surface area (TPSA) is 37.8 Å². The largest absolute Gasteiger partial charge is 0.305 e. The highest BCUT2D eigenvalue weighted by atomic mass is 32.1. The first-order chi connectivity index (χ1) is 7.83. The average molecular weight is 253 g/mol. The summed E-state index contributed by atoms with van der Waals surface area (Å²) in [4.78, 5) is 2.57. The van der Waals surface area contributed by atoms with E-state index in [0.717, 1.165) is 13.0 Å². The Labute approximate surface area is 104 Å². The Kier molecular flexibility index (Phi) is 4.04. The molecule has 2 aromatic rings. The Morgan fingerprint density at radius 1 is 1.50 bits per heavy atom. The fourth-order valence-corrected chi connectivity index (χ4v) is 3.28. The fraction of sp³-hybridized carbons (Fsp3) is 0.455. The van der Waals surface area contributed by atoms with Gasteiger partial charge in [0.25, 0.3) is 0 Å². The van der Waals surface area contributed by atoms with Gasteiger partial charge in [0.15, 0.2) is 0 Å². The molecule has 0 bridgehead atoms. The van der Waals surface area contributed by atoms with Crippen molar-refractivity contribution in [2.75, 3.05) is 6.54 Å². The molecule has 0 fully saturated rings. The van der Waals surface area contributed by atoms with Gasteiger partial charge in [0.2, 0.25) is 0 Å². The van der Waals surface area contributed by atoms with Crippen molar-refractivity contribution in [2.45, 2.75) is 26.3 Å². The molecule has 0 aliphatic carbocycles. The van der Waals surface area contributed by atoms with Crippen LogP contribution in [0.2, 0.25) is 0 Å². The maximum absolute atomic E-state index is 3.95. The molecular weight excluding hydrogens is 238 g/mol. The Balaban J connectivity index is 2.25. The predicted molar refractivity (Wildman–Crippen MR) is 69.1 cm³/mol. The lowest BCUT2D eigenvalue weighted by molar-refractivity contribution is 0.610. The van der Waals surface area contributed by atoms with Crippen LogP contribution in [0, 0.1) is 6.92 Å². The van der Waals surface area contributed by atoms with E-state index in [9.17, 15) is 0 Å². The first-order valence-corrected chi connectivity index (χ1v) is 7.03. The van der Waals surface area contributed by atoms with Crippen LogP contribution < -0.4 is 5.32 Å². The van der Waals surface area contributed by atoms with Gasteiger partial charge in [0.1, 0.15) is 0 Å². The van der Waals surface area contributed by atoms with E-state index in [1.165, 1.54) is 26.9 Å². The summed E-state index contributed by atoms with van der Waals surface area (Å²) in [6, 6.07) is 2.43. The van der Waals surface area contributed by atoms with Crippen molar-refractivity contribution in [3.05, 3.63) is 33.0 Å². The second-order valence-corrected chi connectivity index (χ2v) is 5.44. The van der Waals surface area contributed by atoms with Crippen LogP contribution in [-0.2, 0) is 0 Å². The van der Waals surface area contributed by atoms with Crippen LogP contribution in [0.15, 0.2) is 17.6 Å². The second-order valence-electron chi connectivity index (χ2n) is 3.67. The molecule has 0 aliphatic rings. The predicted octanol–water partition coefficient (Wildman–Crippen LogP) is 3.00. The molecule has 1 atom stereocenters. The van der Waals surface area contributed by atoms with E-state index < -0.39 is 0 Å². The number of thiophene rings is 1. The molecule has 3 nitrogen and oxygen atoms in total. The van der Waals surface area contributed by atoms with Crippen LogP contribution in [0.5, 0.6) is 0 Å². The molecule has 16 heavy (non-hydrogen) atoms. The van der Waals surface area contributed by atoms with E-state index in [1.807, 2.05) is 6.20 Å². The molecule has 0 saturated carbocycles. The summed E-state index contributed by atoms with van der Waals surface area (Å²) in [5.74, 6) is 0. The van der Waals surface area contributed by atoms with Crippen LogP contribution in [0.25, 0.3) is 0 Å². The minimum absolute atomic E-state index is 0.264. The first-order valence-electron chi connectivity index (χ1n) is 5.37. The van der Waals surface area contributed by atoms with Gasteiger partial charge in [-0.05, 0) is 48.4 Å². The van der Waals surface area contributed by atoms with Crippen molar-refractivity contribution in [3.8, 4) is 0 Å². The Morgan fingerprint density at radius 2 is 2.38 bits per heavy atom. The third-order valence-corrected chi connectivity index (χ3v) is 4.24. The fourth-order valence-electron chi connectivity index (χ4n) is 1.59. The van der Waals surface area contributed by atoms with Crippen molar-refractivity contribution < 1.29 is 0 Å². The molecule has 0 saturated heterocycles. The summed E-state index contributed by atoms with van der Waals surface area (Å²) in [5.41, 5.74) is 1.34. The summed E-state index contributed by atoms with van der Waals surface area (Å²) in [6.07, 6.45) is 2.99. The molecule has 0 amide bonds. The molecular formula is C11H15N3S2.